The smallest absolute Gasteiger partial charge is 0.309 e. The van der Waals surface area contributed by atoms with Crippen molar-refractivity contribution < 1.29 is 14.6 Å². The number of ether oxygens (including phenoxy) is 1. The minimum Gasteiger partial charge on any atom is -0.481 e. The summed E-state index contributed by atoms with van der Waals surface area (Å²) >= 11 is 0. The van der Waals surface area contributed by atoms with Crippen LogP contribution in [0.1, 0.15) is 27.2 Å². The maximum Gasteiger partial charge on any atom is 0.309 e. The Bertz CT molecular complexity index is 139. The Hall–Kier alpha value is -0.570. The fourth-order valence-corrected chi connectivity index (χ4v) is 1.44. The van der Waals surface area contributed by atoms with Crippen LogP contribution in [-0.2, 0) is 9.53 Å². The second-order valence-corrected chi connectivity index (χ2v) is 3.29. The van der Waals surface area contributed by atoms with Crippen molar-refractivity contribution in [2.45, 2.75) is 33.3 Å². The third-order valence-corrected chi connectivity index (χ3v) is 2.11. The van der Waals surface area contributed by atoms with E-state index in [1.54, 1.807) is 7.11 Å². The van der Waals surface area contributed by atoms with Gasteiger partial charge < -0.3 is 9.84 Å². The molecule has 0 aromatic heterocycles. The molecule has 0 spiro atoms. The zero-order valence-corrected chi connectivity index (χ0v) is 8.20. The lowest BCUT2D eigenvalue weighted by molar-refractivity contribution is -0.149. The van der Waals surface area contributed by atoms with Crippen LogP contribution in [0.4, 0.5) is 0 Å². The van der Waals surface area contributed by atoms with Crippen LogP contribution in [-0.4, -0.2) is 24.3 Å². The summed E-state index contributed by atoms with van der Waals surface area (Å²) in [6, 6.07) is 0. The molecule has 72 valence electrons. The number of aliphatic carboxylic acids is 1. The van der Waals surface area contributed by atoms with Gasteiger partial charge in [-0.25, -0.2) is 0 Å². The molecule has 0 saturated heterocycles. The van der Waals surface area contributed by atoms with Gasteiger partial charge in [0.25, 0.3) is 0 Å². The van der Waals surface area contributed by atoms with E-state index in [-0.39, 0.29) is 17.9 Å². The number of hydrogen-bond acceptors (Lipinski definition) is 2. The Labute approximate surface area is 73.7 Å². The molecule has 0 aromatic carbocycles. The molecular weight excluding hydrogens is 156 g/mol. The number of carboxylic acids is 1. The SMILES string of the molecule is CCC(OC)C(C(=O)O)C(C)C. The quantitative estimate of drug-likeness (QED) is 0.691. The predicted molar refractivity (Wildman–Crippen MR) is 47.1 cm³/mol. The van der Waals surface area contributed by atoms with Crippen LogP contribution in [0.2, 0.25) is 0 Å². The Morgan fingerprint density at radius 2 is 2.00 bits per heavy atom. The maximum atomic E-state index is 10.8. The van der Waals surface area contributed by atoms with Crippen LogP contribution in [0.5, 0.6) is 0 Å². The zero-order valence-electron chi connectivity index (χ0n) is 8.20. The summed E-state index contributed by atoms with van der Waals surface area (Å²) in [5.41, 5.74) is 0. The molecule has 0 radical (unpaired) electrons. The first kappa shape index (κ1) is 11.4. The van der Waals surface area contributed by atoms with Gasteiger partial charge in [0, 0.05) is 7.11 Å². The minimum atomic E-state index is -0.765. The van der Waals surface area contributed by atoms with E-state index in [4.69, 9.17) is 9.84 Å². The molecule has 0 fully saturated rings. The van der Waals surface area contributed by atoms with E-state index in [1.165, 1.54) is 0 Å². The average molecular weight is 174 g/mol. The highest BCUT2D eigenvalue weighted by molar-refractivity contribution is 5.71. The van der Waals surface area contributed by atoms with Gasteiger partial charge in [0.05, 0.1) is 12.0 Å². The fraction of sp³-hybridized carbons (Fsp3) is 0.889. The van der Waals surface area contributed by atoms with E-state index >= 15 is 0 Å². The normalized spacial score (nSPS) is 16.1. The van der Waals surface area contributed by atoms with E-state index in [0.717, 1.165) is 6.42 Å². The van der Waals surface area contributed by atoms with Crippen molar-refractivity contribution in [2.75, 3.05) is 7.11 Å². The van der Waals surface area contributed by atoms with E-state index in [1.807, 2.05) is 20.8 Å². The van der Waals surface area contributed by atoms with Gasteiger partial charge in [0.1, 0.15) is 0 Å². The molecule has 0 bridgehead atoms. The monoisotopic (exact) mass is 174 g/mol. The summed E-state index contributed by atoms with van der Waals surface area (Å²) in [6.07, 6.45) is 0.577. The lowest BCUT2D eigenvalue weighted by Crippen LogP contribution is -2.33. The van der Waals surface area contributed by atoms with Crippen LogP contribution in [0.3, 0.4) is 0 Å². The van der Waals surface area contributed by atoms with Crippen LogP contribution < -0.4 is 0 Å². The third kappa shape index (κ3) is 2.81. The van der Waals surface area contributed by atoms with E-state index in [9.17, 15) is 4.79 Å². The summed E-state index contributed by atoms with van der Waals surface area (Å²) < 4.78 is 5.10. The van der Waals surface area contributed by atoms with Crippen molar-refractivity contribution in [3.63, 3.8) is 0 Å². The van der Waals surface area contributed by atoms with Gasteiger partial charge in [-0.15, -0.1) is 0 Å². The van der Waals surface area contributed by atoms with Gasteiger partial charge >= 0.3 is 5.97 Å². The molecule has 0 aliphatic heterocycles. The molecule has 0 amide bonds. The number of carbonyl (C=O) groups is 1. The fourth-order valence-electron chi connectivity index (χ4n) is 1.44. The van der Waals surface area contributed by atoms with Crippen molar-refractivity contribution in [1.82, 2.24) is 0 Å². The Balaban J connectivity index is 4.36. The minimum absolute atomic E-state index is 0.118. The van der Waals surface area contributed by atoms with Crippen molar-refractivity contribution in [1.29, 1.82) is 0 Å². The Morgan fingerprint density at radius 1 is 1.50 bits per heavy atom. The Kier molecular flexibility index (Phi) is 4.90. The van der Waals surface area contributed by atoms with Crippen LogP contribution >= 0.6 is 0 Å². The molecular formula is C9H18O3. The second kappa shape index (κ2) is 5.14. The number of rotatable bonds is 5. The van der Waals surface area contributed by atoms with E-state index < -0.39 is 5.97 Å². The maximum absolute atomic E-state index is 10.8. The van der Waals surface area contributed by atoms with Gasteiger partial charge in [-0.1, -0.05) is 20.8 Å². The molecule has 0 aliphatic rings. The molecule has 12 heavy (non-hydrogen) atoms. The van der Waals surface area contributed by atoms with Crippen molar-refractivity contribution in [3.8, 4) is 0 Å². The zero-order chi connectivity index (χ0) is 9.72. The van der Waals surface area contributed by atoms with E-state index in [2.05, 4.69) is 0 Å². The summed E-state index contributed by atoms with van der Waals surface area (Å²) in [5, 5.41) is 8.90. The molecule has 3 heteroatoms. The van der Waals surface area contributed by atoms with Gasteiger partial charge in [0.15, 0.2) is 0 Å². The second-order valence-electron chi connectivity index (χ2n) is 3.29. The molecule has 0 aliphatic carbocycles. The largest absolute Gasteiger partial charge is 0.481 e. The van der Waals surface area contributed by atoms with Gasteiger partial charge in [0.2, 0.25) is 0 Å². The lowest BCUT2D eigenvalue weighted by Gasteiger charge is -2.24. The topological polar surface area (TPSA) is 46.5 Å². The van der Waals surface area contributed by atoms with E-state index in [0.29, 0.717) is 0 Å². The van der Waals surface area contributed by atoms with Crippen molar-refractivity contribution >= 4 is 5.97 Å². The molecule has 2 unspecified atom stereocenters. The first-order valence-electron chi connectivity index (χ1n) is 4.30. The first-order chi connectivity index (χ1) is 5.54. The van der Waals surface area contributed by atoms with Crippen LogP contribution in [0, 0.1) is 11.8 Å². The number of carboxylic acid groups (broad SMARTS) is 1. The van der Waals surface area contributed by atoms with Crippen LogP contribution in [0.25, 0.3) is 0 Å². The van der Waals surface area contributed by atoms with Crippen LogP contribution in [0.15, 0.2) is 0 Å². The highest BCUT2D eigenvalue weighted by Gasteiger charge is 2.29. The standard InChI is InChI=1S/C9H18O3/c1-5-7(12-4)8(6(2)3)9(10)11/h6-8H,5H2,1-4H3,(H,10,11). The Morgan fingerprint density at radius 3 is 2.08 bits per heavy atom. The van der Waals surface area contributed by atoms with Crippen molar-refractivity contribution in [2.24, 2.45) is 11.8 Å². The van der Waals surface area contributed by atoms with Gasteiger partial charge in [-0.05, 0) is 12.3 Å². The number of hydrogen-bond donors (Lipinski definition) is 1. The molecule has 0 heterocycles. The first-order valence-corrected chi connectivity index (χ1v) is 4.30. The summed E-state index contributed by atoms with van der Waals surface area (Å²) in [7, 11) is 1.56. The number of methoxy groups -OCH3 is 1. The lowest BCUT2D eigenvalue weighted by atomic mass is 9.89. The predicted octanol–water partition coefficient (Wildman–Crippen LogP) is 1.77. The van der Waals surface area contributed by atoms with Crippen molar-refractivity contribution in [3.05, 3.63) is 0 Å². The third-order valence-electron chi connectivity index (χ3n) is 2.11. The molecule has 1 N–H and O–H groups in total. The highest BCUT2D eigenvalue weighted by atomic mass is 16.5. The molecule has 0 rings (SSSR count). The molecule has 2 atom stereocenters. The average Bonchev–Trinajstić information content (AvgIpc) is 1.98. The summed E-state index contributed by atoms with van der Waals surface area (Å²) in [4.78, 5) is 10.8. The molecule has 0 aromatic rings. The highest BCUT2D eigenvalue weighted by Crippen LogP contribution is 2.20. The summed E-state index contributed by atoms with van der Waals surface area (Å²) in [6.45, 7) is 5.74. The van der Waals surface area contributed by atoms with Gasteiger partial charge in [-0.3, -0.25) is 4.79 Å². The summed E-state index contributed by atoms with van der Waals surface area (Å²) in [5.74, 6) is -1.04. The van der Waals surface area contributed by atoms with Gasteiger partial charge in [-0.2, -0.15) is 0 Å². The molecule has 3 nitrogen and oxygen atoms in total. The molecule has 0 saturated carbocycles.